The normalized spacial score (nSPS) is 10.6. The van der Waals surface area contributed by atoms with Gasteiger partial charge in [-0.3, -0.25) is 4.79 Å². The van der Waals surface area contributed by atoms with Crippen molar-refractivity contribution in [2.45, 2.75) is 0 Å². The number of fused-ring (bicyclic) bond motifs is 1. The summed E-state index contributed by atoms with van der Waals surface area (Å²) in [6.45, 7) is 0. The number of hydrogen-bond acceptors (Lipinski definition) is 1. The molecule has 1 aromatic heterocycles. The summed E-state index contributed by atoms with van der Waals surface area (Å²) in [5.41, 5.74) is 0.955. The van der Waals surface area contributed by atoms with Crippen LogP contribution in [0.25, 0.3) is 10.9 Å². The molecule has 0 unspecified atom stereocenters. The molecule has 1 N–H and O–H groups in total. The highest BCUT2D eigenvalue weighted by Gasteiger charge is 2.09. The Hall–Kier alpha value is -1.16. The minimum atomic E-state index is -0.387. The van der Waals surface area contributed by atoms with Crippen LogP contribution in [0, 0.1) is 5.82 Å². The maximum Gasteiger partial charge on any atom is 0.152 e. The summed E-state index contributed by atoms with van der Waals surface area (Å²) in [5.74, 6) is -0.387. The second kappa shape index (κ2) is 2.96. The average molecular weight is 242 g/mol. The zero-order valence-electron chi connectivity index (χ0n) is 6.47. The Morgan fingerprint density at radius 3 is 2.92 bits per heavy atom. The Morgan fingerprint density at radius 2 is 2.23 bits per heavy atom. The van der Waals surface area contributed by atoms with E-state index in [1.807, 2.05) is 0 Å². The van der Waals surface area contributed by atoms with Gasteiger partial charge in [-0.2, -0.15) is 0 Å². The predicted molar refractivity (Wildman–Crippen MR) is 51.3 cm³/mol. The van der Waals surface area contributed by atoms with Gasteiger partial charge in [0.25, 0.3) is 0 Å². The quantitative estimate of drug-likeness (QED) is 0.766. The molecule has 4 heteroatoms. The van der Waals surface area contributed by atoms with Crippen molar-refractivity contribution in [2.75, 3.05) is 0 Å². The van der Waals surface area contributed by atoms with Crippen molar-refractivity contribution in [1.82, 2.24) is 4.98 Å². The van der Waals surface area contributed by atoms with Crippen LogP contribution in [-0.2, 0) is 0 Å². The predicted octanol–water partition coefficient (Wildman–Crippen LogP) is 2.88. The van der Waals surface area contributed by atoms with Crippen molar-refractivity contribution in [2.24, 2.45) is 0 Å². The Bertz CT molecular complexity index is 478. The van der Waals surface area contributed by atoms with E-state index in [0.29, 0.717) is 22.8 Å². The minimum Gasteiger partial charge on any atom is -0.359 e. The van der Waals surface area contributed by atoms with Gasteiger partial charge in [0.2, 0.25) is 0 Å². The number of aromatic amines is 1. The molecule has 66 valence electrons. The molecule has 13 heavy (non-hydrogen) atoms. The van der Waals surface area contributed by atoms with Gasteiger partial charge in [-0.05, 0) is 28.1 Å². The largest absolute Gasteiger partial charge is 0.359 e. The van der Waals surface area contributed by atoms with Crippen LogP contribution in [-0.4, -0.2) is 11.3 Å². The maximum atomic E-state index is 13.2. The Balaban J connectivity index is 2.95. The number of H-pyrrole nitrogens is 1. The van der Waals surface area contributed by atoms with E-state index in [4.69, 9.17) is 0 Å². The zero-order chi connectivity index (χ0) is 9.42. The van der Waals surface area contributed by atoms with Crippen molar-refractivity contribution in [3.63, 3.8) is 0 Å². The molecule has 1 aromatic carbocycles. The van der Waals surface area contributed by atoms with E-state index in [9.17, 15) is 9.18 Å². The summed E-state index contributed by atoms with van der Waals surface area (Å²) < 4.78 is 14.0. The van der Waals surface area contributed by atoms with Crippen LogP contribution < -0.4 is 0 Å². The number of rotatable bonds is 1. The molecule has 0 amide bonds. The van der Waals surface area contributed by atoms with Gasteiger partial charge in [-0.1, -0.05) is 0 Å². The van der Waals surface area contributed by atoms with E-state index in [-0.39, 0.29) is 5.82 Å². The number of carbonyl (C=O) groups is 1. The molecular formula is C9H5BrFNO. The topological polar surface area (TPSA) is 32.9 Å². The van der Waals surface area contributed by atoms with Gasteiger partial charge in [0.05, 0.1) is 5.52 Å². The minimum absolute atomic E-state index is 0.337. The highest BCUT2D eigenvalue weighted by molar-refractivity contribution is 9.10. The van der Waals surface area contributed by atoms with E-state index < -0.39 is 0 Å². The summed E-state index contributed by atoms with van der Waals surface area (Å²) in [6, 6.07) is 2.93. The summed E-state index contributed by atoms with van der Waals surface area (Å²) in [7, 11) is 0. The van der Waals surface area contributed by atoms with E-state index in [0.717, 1.165) is 4.47 Å². The molecule has 0 saturated heterocycles. The fourth-order valence-electron chi connectivity index (χ4n) is 1.29. The molecule has 0 spiro atoms. The standard InChI is InChI=1S/C9H5BrFNO/c10-6-1-2-7(11)8-5(4-13)3-12-9(6)8/h1-4,12H. The molecule has 0 aliphatic rings. The molecule has 2 nitrogen and oxygen atoms in total. The smallest absolute Gasteiger partial charge is 0.152 e. The first-order valence-corrected chi connectivity index (χ1v) is 4.43. The van der Waals surface area contributed by atoms with Crippen molar-refractivity contribution in [3.8, 4) is 0 Å². The van der Waals surface area contributed by atoms with Crippen LogP contribution >= 0.6 is 15.9 Å². The van der Waals surface area contributed by atoms with Gasteiger partial charge >= 0.3 is 0 Å². The number of aromatic nitrogens is 1. The van der Waals surface area contributed by atoms with Crippen LogP contribution in [0.1, 0.15) is 10.4 Å². The number of hydrogen-bond donors (Lipinski definition) is 1. The summed E-state index contributed by atoms with van der Waals surface area (Å²) in [5, 5.41) is 0.337. The first-order chi connectivity index (χ1) is 6.24. The molecule has 0 fully saturated rings. The van der Waals surface area contributed by atoms with Gasteiger partial charge in [-0.15, -0.1) is 0 Å². The molecule has 2 rings (SSSR count). The Labute approximate surface area is 81.9 Å². The summed E-state index contributed by atoms with van der Waals surface area (Å²) >= 11 is 3.26. The van der Waals surface area contributed by atoms with Gasteiger partial charge in [0.15, 0.2) is 6.29 Å². The lowest BCUT2D eigenvalue weighted by molar-refractivity contribution is 0.112. The first-order valence-electron chi connectivity index (χ1n) is 3.64. The third-order valence-electron chi connectivity index (χ3n) is 1.89. The third kappa shape index (κ3) is 1.18. The number of halogens is 2. The second-order valence-corrected chi connectivity index (χ2v) is 3.50. The van der Waals surface area contributed by atoms with Crippen LogP contribution in [0.4, 0.5) is 4.39 Å². The lowest BCUT2D eigenvalue weighted by atomic mass is 10.2. The third-order valence-corrected chi connectivity index (χ3v) is 2.55. The molecule has 0 radical (unpaired) electrons. The van der Waals surface area contributed by atoms with E-state index in [1.54, 1.807) is 6.07 Å². The van der Waals surface area contributed by atoms with Crippen LogP contribution in [0.15, 0.2) is 22.8 Å². The lowest BCUT2D eigenvalue weighted by Gasteiger charge is -1.95. The highest BCUT2D eigenvalue weighted by Crippen LogP contribution is 2.27. The Kier molecular flexibility index (Phi) is 1.92. The zero-order valence-corrected chi connectivity index (χ0v) is 8.06. The maximum absolute atomic E-state index is 13.2. The highest BCUT2D eigenvalue weighted by atomic mass is 79.9. The van der Waals surface area contributed by atoms with E-state index >= 15 is 0 Å². The number of benzene rings is 1. The molecule has 0 aliphatic carbocycles. The fourth-order valence-corrected chi connectivity index (χ4v) is 1.74. The van der Waals surface area contributed by atoms with Gasteiger partial charge in [-0.25, -0.2) is 4.39 Å². The van der Waals surface area contributed by atoms with E-state index in [2.05, 4.69) is 20.9 Å². The number of aldehydes is 1. The van der Waals surface area contributed by atoms with Gasteiger partial charge < -0.3 is 4.98 Å². The van der Waals surface area contributed by atoms with Crippen LogP contribution in [0.5, 0.6) is 0 Å². The Morgan fingerprint density at radius 1 is 1.46 bits per heavy atom. The molecule has 0 aliphatic heterocycles. The number of nitrogens with one attached hydrogen (secondary N) is 1. The molecule has 0 bridgehead atoms. The molecule has 0 saturated carbocycles. The first kappa shape index (κ1) is 8.44. The van der Waals surface area contributed by atoms with Gasteiger partial charge in [0.1, 0.15) is 5.82 Å². The molecule has 1 heterocycles. The summed E-state index contributed by atoms with van der Waals surface area (Å²) in [4.78, 5) is 13.4. The monoisotopic (exact) mass is 241 g/mol. The van der Waals surface area contributed by atoms with Crippen LogP contribution in [0.3, 0.4) is 0 Å². The molecule has 2 aromatic rings. The van der Waals surface area contributed by atoms with Crippen molar-refractivity contribution in [1.29, 1.82) is 0 Å². The second-order valence-electron chi connectivity index (χ2n) is 2.64. The SMILES string of the molecule is O=Cc1c[nH]c2c(Br)ccc(F)c12. The van der Waals surface area contributed by atoms with Crippen LogP contribution in [0.2, 0.25) is 0 Å². The summed E-state index contributed by atoms with van der Waals surface area (Å²) in [6.07, 6.45) is 2.12. The average Bonchev–Trinajstić information content (AvgIpc) is 2.56. The van der Waals surface area contributed by atoms with Crippen molar-refractivity contribution >= 4 is 33.1 Å². The lowest BCUT2D eigenvalue weighted by Crippen LogP contribution is -1.81. The molecular weight excluding hydrogens is 237 g/mol. The van der Waals surface area contributed by atoms with E-state index in [1.165, 1.54) is 12.3 Å². The molecule has 0 atom stereocenters. The fraction of sp³-hybridized carbons (Fsp3) is 0. The van der Waals surface area contributed by atoms with Crippen molar-refractivity contribution < 1.29 is 9.18 Å². The van der Waals surface area contributed by atoms with Gasteiger partial charge in [0, 0.05) is 21.6 Å². The number of carbonyl (C=O) groups excluding carboxylic acids is 1. The van der Waals surface area contributed by atoms with Crippen molar-refractivity contribution in [3.05, 3.63) is 34.2 Å².